The van der Waals surface area contributed by atoms with Crippen LogP contribution in [0.3, 0.4) is 0 Å². The van der Waals surface area contributed by atoms with Crippen LogP contribution >= 0.6 is 0 Å². The molecular formula is C11H4Ca3O12. The molecule has 0 heterocycles. The van der Waals surface area contributed by atoms with Crippen molar-refractivity contribution in [3.8, 4) is 0 Å². The fourth-order valence-electron chi connectivity index (χ4n) is 3.08. The molecule has 1 saturated carbocycles. The van der Waals surface area contributed by atoms with Crippen molar-refractivity contribution in [1.82, 2.24) is 0 Å². The van der Waals surface area contributed by atoms with Crippen molar-refractivity contribution in [2.45, 2.75) is 12.8 Å². The number of hydrogen-bond acceptors (Lipinski definition) is 12. The van der Waals surface area contributed by atoms with Crippen molar-refractivity contribution in [1.29, 1.82) is 0 Å². The topological polar surface area (TPSA) is 241 Å². The molecule has 0 unspecified atom stereocenters. The summed E-state index contributed by atoms with van der Waals surface area (Å²) in [5.41, 5.74) is -12.8. The van der Waals surface area contributed by atoms with Crippen molar-refractivity contribution < 1.29 is 59.4 Å². The van der Waals surface area contributed by atoms with Gasteiger partial charge in [0.15, 0.2) is 0 Å². The summed E-state index contributed by atoms with van der Waals surface area (Å²) in [5.74, 6) is -17.9. The summed E-state index contributed by atoms with van der Waals surface area (Å²) in [6.07, 6.45) is -3.19. The van der Waals surface area contributed by atoms with E-state index >= 15 is 0 Å². The van der Waals surface area contributed by atoms with Gasteiger partial charge in [-0.2, -0.15) is 0 Å². The van der Waals surface area contributed by atoms with Crippen LogP contribution in [0.2, 0.25) is 0 Å². The number of rotatable bonds is 6. The summed E-state index contributed by atoms with van der Waals surface area (Å²) >= 11 is 0. The van der Waals surface area contributed by atoms with E-state index in [1.807, 2.05) is 0 Å². The second kappa shape index (κ2) is 10.4. The first kappa shape index (κ1) is 31.3. The zero-order chi connectivity index (χ0) is 18.4. The van der Waals surface area contributed by atoms with Gasteiger partial charge in [0, 0.05) is 0 Å². The molecule has 0 atom stereocenters. The van der Waals surface area contributed by atoms with Crippen LogP contribution in [0.25, 0.3) is 0 Å². The molecule has 0 N–H and O–H groups in total. The zero-order valence-corrected chi connectivity index (χ0v) is 19.6. The molecule has 0 aromatic carbocycles. The predicted octanol–water partition coefficient (Wildman–Crippen LogP) is -10.9. The molecular weight excluding hydrogens is 444 g/mol. The number of carbonyl (C=O) groups excluding carboxylic acids is 6. The second-order valence-corrected chi connectivity index (χ2v) is 4.79. The summed E-state index contributed by atoms with van der Waals surface area (Å²) in [7, 11) is 0. The molecule has 0 aliphatic heterocycles. The zero-order valence-electron chi connectivity index (χ0n) is 12.9. The Balaban J connectivity index is -0.00000176. The summed E-state index contributed by atoms with van der Waals surface area (Å²) < 4.78 is 0. The van der Waals surface area contributed by atoms with Gasteiger partial charge in [-0.15, -0.1) is 0 Å². The average Bonchev–Trinajstić information content (AvgIpc) is 2.72. The number of carbonyl (C=O) groups is 6. The maximum Gasteiger partial charge on any atom is 2.00 e. The maximum atomic E-state index is 11.3. The third kappa shape index (κ3) is 3.61. The van der Waals surface area contributed by atoms with Crippen LogP contribution in [-0.4, -0.2) is 149 Å². The minimum absolute atomic E-state index is 0. The van der Waals surface area contributed by atoms with Gasteiger partial charge in [0.05, 0.1) is 52.1 Å². The van der Waals surface area contributed by atoms with Crippen LogP contribution < -0.4 is 30.6 Å². The van der Waals surface area contributed by atoms with Crippen LogP contribution in [0.5, 0.6) is 0 Å². The molecule has 0 spiro atoms. The molecule has 0 saturated heterocycles. The number of hydrogen-bond donors (Lipinski definition) is 0. The van der Waals surface area contributed by atoms with Gasteiger partial charge in [-0.25, -0.2) is 0 Å². The summed E-state index contributed by atoms with van der Waals surface area (Å²) in [5, 5.41) is 67.4. The Morgan fingerprint density at radius 1 is 0.462 bits per heavy atom. The molecule has 0 aromatic heterocycles. The van der Waals surface area contributed by atoms with Crippen LogP contribution in [0.1, 0.15) is 12.8 Å². The van der Waals surface area contributed by atoms with Crippen molar-refractivity contribution in [3.05, 3.63) is 0 Å². The Kier molecular flexibility index (Phi) is 12.5. The molecule has 1 aliphatic rings. The van der Waals surface area contributed by atoms with Crippen molar-refractivity contribution in [2.24, 2.45) is 16.2 Å². The Bertz CT molecular complexity index is 573. The predicted molar refractivity (Wildman–Crippen MR) is 63.8 cm³/mol. The Morgan fingerprint density at radius 3 is 0.769 bits per heavy atom. The van der Waals surface area contributed by atoms with E-state index in [9.17, 15) is 59.4 Å². The standard InChI is InChI=1S/C11H10O12.3Ca/c12-3(13)9(4(14)15)1-2-10(5(16)17,6(18)19)11(9,7(20)21)8(22)23;;;/h1-2H2,(H,12,13)(H,14,15)(H,16,17)(H,18,19)(H,20,21)(H,22,23);;;/q;3*+2/p-6. The molecule has 0 bridgehead atoms. The summed E-state index contributed by atoms with van der Waals surface area (Å²) in [4.78, 5) is 67.4. The monoisotopic (exact) mass is 448 g/mol. The van der Waals surface area contributed by atoms with E-state index in [2.05, 4.69) is 0 Å². The molecule has 12 nitrogen and oxygen atoms in total. The van der Waals surface area contributed by atoms with Crippen LogP contribution in [0.4, 0.5) is 0 Å². The minimum atomic E-state index is -4.63. The normalized spacial score (nSPS) is 18.0. The van der Waals surface area contributed by atoms with E-state index < -0.39 is 64.9 Å². The second-order valence-electron chi connectivity index (χ2n) is 4.79. The summed E-state index contributed by atoms with van der Waals surface area (Å²) in [6.45, 7) is 0. The first-order chi connectivity index (χ1) is 10.4. The smallest absolute Gasteiger partial charge is 0.549 e. The summed E-state index contributed by atoms with van der Waals surface area (Å²) in [6, 6.07) is 0. The van der Waals surface area contributed by atoms with Gasteiger partial charge in [-0.3, -0.25) is 0 Å². The molecule has 1 rings (SSSR count). The Hall–Kier alpha value is 0.599. The van der Waals surface area contributed by atoms with E-state index in [4.69, 9.17) is 0 Å². The van der Waals surface area contributed by atoms with E-state index in [0.29, 0.717) is 0 Å². The first-order valence-electron chi connectivity index (χ1n) is 5.66. The van der Waals surface area contributed by atoms with Gasteiger partial charge < -0.3 is 59.4 Å². The Morgan fingerprint density at radius 2 is 0.654 bits per heavy atom. The Labute approximate surface area is 233 Å². The molecule has 1 fully saturated rings. The maximum absolute atomic E-state index is 11.3. The van der Waals surface area contributed by atoms with Crippen LogP contribution in [0, 0.1) is 16.2 Å². The largest absolute Gasteiger partial charge is 2.00 e. The van der Waals surface area contributed by atoms with Gasteiger partial charge in [0.2, 0.25) is 0 Å². The number of carboxylic acids is 6. The minimum Gasteiger partial charge on any atom is -0.549 e. The quantitative estimate of drug-likeness (QED) is 0.272. The van der Waals surface area contributed by atoms with Gasteiger partial charge in [0.1, 0.15) is 0 Å². The average molecular weight is 448 g/mol. The van der Waals surface area contributed by atoms with E-state index in [0.717, 1.165) is 0 Å². The molecule has 0 amide bonds. The van der Waals surface area contributed by atoms with Gasteiger partial charge in [-0.05, 0) is 12.8 Å². The first-order valence-corrected chi connectivity index (χ1v) is 5.66. The number of aliphatic carboxylic acids is 6. The third-order valence-electron chi connectivity index (χ3n) is 4.16. The van der Waals surface area contributed by atoms with Crippen molar-refractivity contribution in [3.63, 3.8) is 0 Å². The van der Waals surface area contributed by atoms with Gasteiger partial charge in [-0.1, -0.05) is 0 Å². The van der Waals surface area contributed by atoms with Crippen molar-refractivity contribution in [2.75, 3.05) is 0 Å². The fourth-order valence-corrected chi connectivity index (χ4v) is 3.08. The SMILES string of the molecule is O=C([O-])C1(C(=O)[O-])CCC(C(=O)[O-])(C(=O)[O-])C1(C(=O)[O-])C(=O)[O-].[Ca+2].[Ca+2].[Ca+2]. The molecule has 15 heteroatoms. The van der Waals surface area contributed by atoms with E-state index in [1.165, 1.54) is 0 Å². The molecule has 0 aromatic rings. The third-order valence-corrected chi connectivity index (χ3v) is 4.16. The molecule has 26 heavy (non-hydrogen) atoms. The van der Waals surface area contributed by atoms with Gasteiger partial charge >= 0.3 is 113 Å². The molecule has 1 aliphatic carbocycles. The van der Waals surface area contributed by atoms with Crippen LogP contribution in [0.15, 0.2) is 0 Å². The fraction of sp³-hybridized carbons (Fsp3) is 0.455. The van der Waals surface area contributed by atoms with Crippen LogP contribution in [-0.2, 0) is 28.8 Å². The molecule has 0 radical (unpaired) electrons. The van der Waals surface area contributed by atoms with E-state index in [1.54, 1.807) is 0 Å². The number of carboxylic acid groups (broad SMARTS) is 6. The van der Waals surface area contributed by atoms with Crippen molar-refractivity contribution >= 4 is 149 Å². The van der Waals surface area contributed by atoms with E-state index in [-0.39, 0.29) is 113 Å². The van der Waals surface area contributed by atoms with Gasteiger partial charge in [0.25, 0.3) is 0 Å². The molecule has 126 valence electrons.